The number of ether oxygens (including phenoxy) is 1. The fraction of sp³-hybridized carbons (Fsp3) is 0.250. The van der Waals surface area contributed by atoms with E-state index in [1.54, 1.807) is 25.3 Å². The Hall–Kier alpha value is -1.46. The quantitative estimate of drug-likeness (QED) is 0.437. The van der Waals surface area contributed by atoms with Gasteiger partial charge < -0.3 is 4.74 Å². The van der Waals surface area contributed by atoms with E-state index in [-0.39, 0.29) is 11.7 Å². The van der Waals surface area contributed by atoms with E-state index < -0.39 is 0 Å². The molecular formula is C12H11ClO2. The maximum Gasteiger partial charge on any atom is 0.159 e. The van der Waals surface area contributed by atoms with E-state index in [0.29, 0.717) is 16.9 Å². The van der Waals surface area contributed by atoms with Crippen LogP contribution in [0, 0.1) is 11.8 Å². The Bertz CT molecular complexity index is 427. The lowest BCUT2D eigenvalue weighted by molar-refractivity contribution is 0.101. The molecule has 0 atom stereocenters. The van der Waals surface area contributed by atoms with Gasteiger partial charge in [-0.3, -0.25) is 4.79 Å². The third-order valence-electron chi connectivity index (χ3n) is 1.90. The zero-order valence-electron chi connectivity index (χ0n) is 8.63. The Balaban J connectivity index is 3.19. The predicted molar refractivity (Wildman–Crippen MR) is 60.6 cm³/mol. The summed E-state index contributed by atoms with van der Waals surface area (Å²) in [5.41, 5.74) is 1.31. The molecule has 0 aliphatic carbocycles. The van der Waals surface area contributed by atoms with E-state index in [9.17, 15) is 4.79 Å². The van der Waals surface area contributed by atoms with Crippen LogP contribution in [0.1, 0.15) is 22.8 Å². The molecule has 0 radical (unpaired) electrons. The second-order valence-electron chi connectivity index (χ2n) is 2.91. The van der Waals surface area contributed by atoms with Gasteiger partial charge in [-0.25, -0.2) is 0 Å². The molecule has 78 valence electrons. The standard InChI is InChI=1S/C12H11ClO2/c1-9(14)10-5-6-12(15-2)11(8-10)4-3-7-13/h5-6,8H,7H2,1-2H3. The van der Waals surface area contributed by atoms with Gasteiger partial charge in [-0.15, -0.1) is 11.6 Å². The number of rotatable bonds is 2. The van der Waals surface area contributed by atoms with E-state index in [4.69, 9.17) is 16.3 Å². The van der Waals surface area contributed by atoms with Crippen molar-refractivity contribution >= 4 is 17.4 Å². The van der Waals surface area contributed by atoms with Crippen molar-refractivity contribution in [1.29, 1.82) is 0 Å². The van der Waals surface area contributed by atoms with Crippen molar-refractivity contribution in [3.8, 4) is 17.6 Å². The highest BCUT2D eigenvalue weighted by Gasteiger charge is 2.04. The lowest BCUT2D eigenvalue weighted by Gasteiger charge is -2.04. The highest BCUT2D eigenvalue weighted by atomic mass is 35.5. The number of Topliss-reactive ketones (excluding diaryl/α,β-unsaturated/α-hetero) is 1. The molecule has 1 aromatic carbocycles. The maximum atomic E-state index is 11.2. The first-order chi connectivity index (χ1) is 7.19. The molecule has 0 fully saturated rings. The minimum atomic E-state index is 0.00609. The molecule has 1 rings (SSSR count). The number of carbonyl (C=O) groups is 1. The normalized spacial score (nSPS) is 9.00. The molecule has 1 aromatic rings. The number of methoxy groups -OCH3 is 1. The molecule has 3 heteroatoms. The van der Waals surface area contributed by atoms with Crippen LogP contribution in [0.5, 0.6) is 5.75 Å². The summed E-state index contributed by atoms with van der Waals surface area (Å²) in [5.74, 6) is 6.49. The number of hydrogen-bond donors (Lipinski definition) is 0. The van der Waals surface area contributed by atoms with Crippen molar-refractivity contribution < 1.29 is 9.53 Å². The Morgan fingerprint density at radius 3 is 2.80 bits per heavy atom. The van der Waals surface area contributed by atoms with Crippen LogP contribution >= 0.6 is 11.6 Å². The van der Waals surface area contributed by atoms with Gasteiger partial charge in [-0.2, -0.15) is 0 Å². The van der Waals surface area contributed by atoms with Crippen molar-refractivity contribution in [2.24, 2.45) is 0 Å². The summed E-state index contributed by atoms with van der Waals surface area (Å²) in [7, 11) is 1.56. The first-order valence-corrected chi connectivity index (χ1v) is 4.96. The predicted octanol–water partition coefficient (Wildman–Crippen LogP) is 2.49. The summed E-state index contributed by atoms with van der Waals surface area (Å²) in [5, 5.41) is 0. The van der Waals surface area contributed by atoms with Gasteiger partial charge in [0.2, 0.25) is 0 Å². The highest BCUT2D eigenvalue weighted by molar-refractivity contribution is 6.19. The van der Waals surface area contributed by atoms with E-state index >= 15 is 0 Å². The zero-order valence-corrected chi connectivity index (χ0v) is 9.39. The van der Waals surface area contributed by atoms with Crippen molar-refractivity contribution in [3.63, 3.8) is 0 Å². The van der Waals surface area contributed by atoms with E-state index in [1.165, 1.54) is 6.92 Å². The zero-order chi connectivity index (χ0) is 11.3. The van der Waals surface area contributed by atoms with Crippen molar-refractivity contribution in [3.05, 3.63) is 29.3 Å². The fourth-order valence-corrected chi connectivity index (χ4v) is 1.22. The van der Waals surface area contributed by atoms with Gasteiger partial charge in [0.05, 0.1) is 18.6 Å². The minimum Gasteiger partial charge on any atom is -0.495 e. The Labute approximate surface area is 94.2 Å². The lowest BCUT2D eigenvalue weighted by Crippen LogP contribution is -1.95. The SMILES string of the molecule is COc1ccc(C(C)=O)cc1C#CCCl. The number of alkyl halides is 1. The Kier molecular flexibility index (Phi) is 4.20. The fourth-order valence-electron chi connectivity index (χ4n) is 1.15. The Morgan fingerprint density at radius 1 is 1.53 bits per heavy atom. The molecule has 0 spiro atoms. The molecule has 0 aliphatic heterocycles. The van der Waals surface area contributed by atoms with Crippen LogP contribution in [0.3, 0.4) is 0 Å². The smallest absolute Gasteiger partial charge is 0.159 e. The van der Waals surface area contributed by atoms with Gasteiger partial charge in [0.25, 0.3) is 0 Å². The molecular weight excluding hydrogens is 212 g/mol. The second kappa shape index (κ2) is 5.43. The third-order valence-corrected chi connectivity index (χ3v) is 2.03. The molecule has 0 amide bonds. The van der Waals surface area contributed by atoms with Crippen LogP contribution in [0.25, 0.3) is 0 Å². The number of halogens is 1. The van der Waals surface area contributed by atoms with Crippen LogP contribution < -0.4 is 4.74 Å². The summed E-state index contributed by atoms with van der Waals surface area (Å²) < 4.78 is 5.12. The van der Waals surface area contributed by atoms with E-state index in [0.717, 1.165) is 0 Å². The average molecular weight is 223 g/mol. The third kappa shape index (κ3) is 3.00. The van der Waals surface area contributed by atoms with Crippen LogP contribution in [0.15, 0.2) is 18.2 Å². The monoisotopic (exact) mass is 222 g/mol. The molecule has 0 bridgehead atoms. The molecule has 15 heavy (non-hydrogen) atoms. The molecule has 0 unspecified atom stereocenters. The van der Waals surface area contributed by atoms with Gasteiger partial charge in [0.1, 0.15) is 5.75 Å². The van der Waals surface area contributed by atoms with E-state index in [2.05, 4.69) is 11.8 Å². The minimum absolute atomic E-state index is 0.00609. The van der Waals surface area contributed by atoms with Crippen molar-refractivity contribution in [2.75, 3.05) is 13.0 Å². The second-order valence-corrected chi connectivity index (χ2v) is 3.17. The Morgan fingerprint density at radius 2 is 2.27 bits per heavy atom. The van der Waals surface area contributed by atoms with Gasteiger partial charge in [0.15, 0.2) is 5.78 Å². The largest absolute Gasteiger partial charge is 0.495 e. The first kappa shape index (κ1) is 11.6. The van der Waals surface area contributed by atoms with Crippen LogP contribution in [-0.4, -0.2) is 18.8 Å². The summed E-state index contributed by atoms with van der Waals surface area (Å²) in [4.78, 5) is 11.2. The number of benzene rings is 1. The van der Waals surface area contributed by atoms with Gasteiger partial charge >= 0.3 is 0 Å². The van der Waals surface area contributed by atoms with Crippen LogP contribution in [0.2, 0.25) is 0 Å². The number of carbonyl (C=O) groups excluding carboxylic acids is 1. The molecule has 2 nitrogen and oxygen atoms in total. The maximum absolute atomic E-state index is 11.2. The lowest BCUT2D eigenvalue weighted by atomic mass is 10.1. The number of ketones is 1. The van der Waals surface area contributed by atoms with E-state index in [1.807, 2.05) is 0 Å². The molecule has 0 aromatic heterocycles. The first-order valence-electron chi connectivity index (χ1n) is 4.43. The molecule has 0 N–H and O–H groups in total. The average Bonchev–Trinajstić information content (AvgIpc) is 2.25. The van der Waals surface area contributed by atoms with Crippen molar-refractivity contribution in [1.82, 2.24) is 0 Å². The summed E-state index contributed by atoms with van der Waals surface area (Å²) in [6.07, 6.45) is 0. The van der Waals surface area contributed by atoms with Gasteiger partial charge in [-0.05, 0) is 25.1 Å². The summed E-state index contributed by atoms with van der Waals surface area (Å²) >= 11 is 5.47. The van der Waals surface area contributed by atoms with Gasteiger partial charge in [0, 0.05) is 5.56 Å². The summed E-state index contributed by atoms with van der Waals surface area (Å²) in [6, 6.07) is 5.16. The molecule has 0 saturated heterocycles. The summed E-state index contributed by atoms with van der Waals surface area (Å²) in [6.45, 7) is 1.51. The highest BCUT2D eigenvalue weighted by Crippen LogP contribution is 2.19. The topological polar surface area (TPSA) is 26.3 Å². The number of hydrogen-bond acceptors (Lipinski definition) is 2. The van der Waals surface area contributed by atoms with Crippen LogP contribution in [0.4, 0.5) is 0 Å². The van der Waals surface area contributed by atoms with Crippen LogP contribution in [-0.2, 0) is 0 Å². The molecule has 0 aliphatic rings. The van der Waals surface area contributed by atoms with Gasteiger partial charge in [-0.1, -0.05) is 11.8 Å². The van der Waals surface area contributed by atoms with Crippen molar-refractivity contribution in [2.45, 2.75) is 6.92 Å². The molecule has 0 saturated carbocycles. The molecule has 0 heterocycles.